The van der Waals surface area contributed by atoms with Crippen LogP contribution in [-0.4, -0.2) is 34.2 Å². The molecule has 19 heavy (non-hydrogen) atoms. The maximum Gasteiger partial charge on any atom is 0.317 e. The SMILES string of the molecule is Cc1ccc(SC(NC(=O)N(C)C)C(Cl)(Cl)Cl)cc1. The van der Waals surface area contributed by atoms with Gasteiger partial charge in [0.1, 0.15) is 5.37 Å². The number of amides is 2. The average molecular weight is 342 g/mol. The van der Waals surface area contributed by atoms with E-state index in [9.17, 15) is 4.79 Å². The molecule has 0 saturated carbocycles. The molecular formula is C12H15Cl3N2OS. The van der Waals surface area contributed by atoms with Crippen molar-refractivity contribution in [3.05, 3.63) is 29.8 Å². The first-order valence-corrected chi connectivity index (χ1v) is 7.49. The van der Waals surface area contributed by atoms with E-state index >= 15 is 0 Å². The number of nitrogens with zero attached hydrogens (tertiary/aromatic N) is 1. The highest BCUT2D eigenvalue weighted by Crippen LogP contribution is 2.39. The van der Waals surface area contributed by atoms with Crippen molar-refractivity contribution >= 4 is 52.6 Å². The van der Waals surface area contributed by atoms with Crippen LogP contribution in [0.1, 0.15) is 5.56 Å². The number of benzene rings is 1. The van der Waals surface area contributed by atoms with Gasteiger partial charge in [-0.3, -0.25) is 0 Å². The molecule has 1 aromatic rings. The number of thioether (sulfide) groups is 1. The van der Waals surface area contributed by atoms with Crippen LogP contribution in [0.4, 0.5) is 4.79 Å². The van der Waals surface area contributed by atoms with E-state index in [0.29, 0.717) is 0 Å². The molecular weight excluding hydrogens is 327 g/mol. The maximum atomic E-state index is 11.7. The van der Waals surface area contributed by atoms with E-state index in [1.807, 2.05) is 31.2 Å². The highest BCUT2D eigenvalue weighted by Gasteiger charge is 2.35. The van der Waals surface area contributed by atoms with Crippen molar-refractivity contribution in [3.63, 3.8) is 0 Å². The lowest BCUT2D eigenvalue weighted by Gasteiger charge is -2.26. The fraction of sp³-hybridized carbons (Fsp3) is 0.417. The number of halogens is 3. The lowest BCUT2D eigenvalue weighted by molar-refractivity contribution is 0.216. The first-order valence-electron chi connectivity index (χ1n) is 5.48. The number of carbonyl (C=O) groups excluding carboxylic acids is 1. The van der Waals surface area contributed by atoms with E-state index in [1.165, 1.54) is 16.7 Å². The predicted molar refractivity (Wildman–Crippen MR) is 83.3 cm³/mol. The Hall–Kier alpha value is -0.290. The first kappa shape index (κ1) is 16.8. The van der Waals surface area contributed by atoms with Crippen molar-refractivity contribution in [2.75, 3.05) is 14.1 Å². The third kappa shape index (κ3) is 5.69. The molecule has 1 N–H and O–H groups in total. The van der Waals surface area contributed by atoms with Crippen LogP contribution in [0, 0.1) is 6.92 Å². The predicted octanol–water partition coefficient (Wildman–Crippen LogP) is 4.05. The van der Waals surface area contributed by atoms with Gasteiger partial charge in [0.2, 0.25) is 3.79 Å². The first-order chi connectivity index (χ1) is 8.70. The highest BCUT2D eigenvalue weighted by atomic mass is 35.6. The normalized spacial score (nSPS) is 12.9. The number of rotatable bonds is 3. The molecule has 0 aromatic heterocycles. The lowest BCUT2D eigenvalue weighted by Crippen LogP contribution is -2.45. The molecule has 0 spiro atoms. The van der Waals surface area contributed by atoms with Gasteiger partial charge in [-0.05, 0) is 19.1 Å². The summed E-state index contributed by atoms with van der Waals surface area (Å²) in [5, 5.41) is 2.00. The molecule has 0 fully saturated rings. The van der Waals surface area contributed by atoms with E-state index in [2.05, 4.69) is 5.32 Å². The molecule has 3 nitrogen and oxygen atoms in total. The molecule has 2 amide bonds. The van der Waals surface area contributed by atoms with Gasteiger partial charge >= 0.3 is 6.03 Å². The van der Waals surface area contributed by atoms with Crippen LogP contribution in [0.25, 0.3) is 0 Å². The van der Waals surface area contributed by atoms with Gasteiger partial charge in [-0.2, -0.15) is 0 Å². The number of nitrogens with one attached hydrogen (secondary N) is 1. The Kier molecular flexibility index (Phi) is 6.12. The smallest absolute Gasteiger partial charge is 0.317 e. The van der Waals surface area contributed by atoms with E-state index in [4.69, 9.17) is 34.8 Å². The Morgan fingerprint density at radius 1 is 1.26 bits per heavy atom. The minimum Gasteiger partial charge on any atom is -0.331 e. The number of urea groups is 1. The standard InChI is InChI=1S/C12H15Cl3N2OS/c1-8-4-6-9(7-5-8)19-10(12(13,14)15)16-11(18)17(2)3/h4-7,10H,1-3H3,(H,16,18). The Morgan fingerprint density at radius 3 is 2.21 bits per heavy atom. The van der Waals surface area contributed by atoms with Crippen LogP contribution in [0.5, 0.6) is 0 Å². The third-order valence-corrected chi connectivity index (χ3v) is 4.53. The van der Waals surface area contributed by atoms with Gasteiger partial charge in [-0.1, -0.05) is 64.3 Å². The Labute approximate surface area is 132 Å². The zero-order chi connectivity index (χ0) is 14.6. The van der Waals surface area contributed by atoms with Crippen molar-refractivity contribution in [2.24, 2.45) is 0 Å². The quantitative estimate of drug-likeness (QED) is 0.511. The summed E-state index contributed by atoms with van der Waals surface area (Å²) >= 11 is 19.0. The molecule has 0 heterocycles. The van der Waals surface area contributed by atoms with Crippen LogP contribution in [0.15, 0.2) is 29.2 Å². The number of alkyl halides is 3. The molecule has 1 aromatic carbocycles. The second-order valence-corrected chi connectivity index (χ2v) is 7.74. The second kappa shape index (κ2) is 6.93. The van der Waals surface area contributed by atoms with Crippen LogP contribution < -0.4 is 5.32 Å². The molecule has 1 unspecified atom stereocenters. The number of carbonyl (C=O) groups is 1. The molecule has 0 bridgehead atoms. The van der Waals surface area contributed by atoms with Crippen molar-refractivity contribution in [1.82, 2.24) is 10.2 Å². The largest absolute Gasteiger partial charge is 0.331 e. The van der Waals surface area contributed by atoms with Gasteiger partial charge in [0.05, 0.1) is 0 Å². The maximum absolute atomic E-state index is 11.7. The van der Waals surface area contributed by atoms with E-state index < -0.39 is 9.17 Å². The van der Waals surface area contributed by atoms with Gasteiger partial charge in [0.15, 0.2) is 0 Å². The summed E-state index contributed by atoms with van der Waals surface area (Å²) < 4.78 is -1.60. The lowest BCUT2D eigenvalue weighted by atomic mass is 10.2. The van der Waals surface area contributed by atoms with Crippen molar-refractivity contribution in [2.45, 2.75) is 21.0 Å². The summed E-state index contributed by atoms with van der Waals surface area (Å²) in [7, 11) is 3.25. The van der Waals surface area contributed by atoms with E-state index in [1.54, 1.807) is 14.1 Å². The zero-order valence-corrected chi connectivity index (χ0v) is 13.9. The van der Waals surface area contributed by atoms with Crippen LogP contribution in [0.2, 0.25) is 0 Å². The Bertz CT molecular complexity index is 432. The van der Waals surface area contributed by atoms with Crippen LogP contribution in [0.3, 0.4) is 0 Å². The summed E-state index contributed by atoms with van der Waals surface area (Å²) in [5.74, 6) is 0. The molecule has 0 saturated heterocycles. The molecule has 0 aliphatic heterocycles. The van der Waals surface area contributed by atoms with E-state index in [0.717, 1.165) is 10.5 Å². The minimum atomic E-state index is -1.60. The molecule has 7 heteroatoms. The molecule has 0 aliphatic rings. The Balaban J connectivity index is 2.81. The van der Waals surface area contributed by atoms with Crippen LogP contribution >= 0.6 is 46.6 Å². The molecule has 0 aliphatic carbocycles. The second-order valence-electron chi connectivity index (χ2n) is 4.20. The summed E-state index contributed by atoms with van der Waals surface area (Å²) in [6.45, 7) is 1.99. The average Bonchev–Trinajstić information content (AvgIpc) is 2.29. The summed E-state index contributed by atoms with van der Waals surface area (Å²) in [6.07, 6.45) is 0. The van der Waals surface area contributed by atoms with Gasteiger partial charge in [-0.15, -0.1) is 0 Å². The van der Waals surface area contributed by atoms with Gasteiger partial charge < -0.3 is 10.2 Å². The number of hydrogen-bond donors (Lipinski definition) is 1. The summed E-state index contributed by atoms with van der Waals surface area (Å²) in [5.41, 5.74) is 1.15. The molecule has 1 atom stereocenters. The number of hydrogen-bond acceptors (Lipinski definition) is 2. The number of aryl methyl sites for hydroxylation is 1. The summed E-state index contributed by atoms with van der Waals surface area (Å²) in [6, 6.07) is 7.46. The third-order valence-electron chi connectivity index (χ3n) is 2.23. The van der Waals surface area contributed by atoms with E-state index in [-0.39, 0.29) is 6.03 Å². The van der Waals surface area contributed by atoms with Crippen molar-refractivity contribution < 1.29 is 4.79 Å². The van der Waals surface area contributed by atoms with Gasteiger partial charge in [0.25, 0.3) is 0 Å². The van der Waals surface area contributed by atoms with Gasteiger partial charge in [0, 0.05) is 19.0 Å². The highest BCUT2D eigenvalue weighted by molar-refractivity contribution is 8.00. The van der Waals surface area contributed by atoms with Gasteiger partial charge in [-0.25, -0.2) is 4.79 Å². The molecule has 1 rings (SSSR count). The van der Waals surface area contributed by atoms with Crippen molar-refractivity contribution in [1.29, 1.82) is 0 Å². The minimum absolute atomic E-state index is 0.309. The summed E-state index contributed by atoms with van der Waals surface area (Å²) in [4.78, 5) is 14.0. The molecule has 0 radical (unpaired) electrons. The molecule has 106 valence electrons. The Morgan fingerprint density at radius 2 is 1.79 bits per heavy atom. The van der Waals surface area contributed by atoms with Crippen molar-refractivity contribution in [3.8, 4) is 0 Å². The topological polar surface area (TPSA) is 32.3 Å². The fourth-order valence-corrected chi connectivity index (χ4v) is 2.60. The monoisotopic (exact) mass is 340 g/mol. The fourth-order valence-electron chi connectivity index (χ4n) is 1.17. The van der Waals surface area contributed by atoms with Crippen LogP contribution in [-0.2, 0) is 0 Å². The zero-order valence-electron chi connectivity index (χ0n) is 10.8.